The predicted octanol–water partition coefficient (Wildman–Crippen LogP) is 4.16. The van der Waals surface area contributed by atoms with E-state index in [2.05, 4.69) is 5.32 Å². The van der Waals surface area contributed by atoms with Crippen molar-refractivity contribution in [3.8, 4) is 5.75 Å². The summed E-state index contributed by atoms with van der Waals surface area (Å²) in [6, 6.07) is 15.1. The van der Waals surface area contributed by atoms with Crippen LogP contribution in [0.3, 0.4) is 0 Å². The number of nitrogens with zero attached hydrogens (tertiary/aromatic N) is 1. The quantitative estimate of drug-likeness (QED) is 0.592. The summed E-state index contributed by atoms with van der Waals surface area (Å²) in [7, 11) is 1.37. The number of nitrogens with one attached hydrogen (secondary N) is 1. The molecule has 0 radical (unpaired) electrons. The van der Waals surface area contributed by atoms with Crippen LogP contribution in [0.1, 0.15) is 44.9 Å². The number of halogens is 1. The van der Waals surface area contributed by atoms with Gasteiger partial charge < -0.3 is 19.4 Å². The van der Waals surface area contributed by atoms with E-state index in [9.17, 15) is 14.0 Å². The summed E-state index contributed by atoms with van der Waals surface area (Å²) in [5, 5.41) is 2.95. The molecule has 0 spiro atoms. The fraction of sp³-hybridized carbons (Fsp3) is 0.250. The second-order valence-electron chi connectivity index (χ2n) is 7.53. The predicted molar refractivity (Wildman–Crippen MR) is 112 cm³/mol. The summed E-state index contributed by atoms with van der Waals surface area (Å²) in [5.74, 6) is -0.339. The molecule has 6 nitrogen and oxygen atoms in total. The maximum Gasteiger partial charge on any atom is 0.254 e. The van der Waals surface area contributed by atoms with Gasteiger partial charge in [-0.3, -0.25) is 9.59 Å². The van der Waals surface area contributed by atoms with Gasteiger partial charge in [0, 0.05) is 23.7 Å². The zero-order valence-corrected chi connectivity index (χ0v) is 17.1. The van der Waals surface area contributed by atoms with E-state index in [0.29, 0.717) is 17.4 Å². The van der Waals surface area contributed by atoms with Crippen LogP contribution in [0.15, 0.2) is 65.3 Å². The molecule has 1 fully saturated rings. The molecule has 160 valence electrons. The van der Waals surface area contributed by atoms with Crippen LogP contribution in [-0.4, -0.2) is 29.9 Å². The number of carbonyl (C=O) groups excluding carboxylic acids is 2. The molecular weight excluding hydrogens is 399 g/mol. The third-order valence-electron chi connectivity index (χ3n) is 5.11. The van der Waals surface area contributed by atoms with Crippen LogP contribution in [-0.2, 0) is 13.1 Å². The van der Waals surface area contributed by atoms with Crippen LogP contribution in [0.4, 0.5) is 4.39 Å². The fourth-order valence-corrected chi connectivity index (χ4v) is 3.25. The third kappa shape index (κ3) is 5.12. The van der Waals surface area contributed by atoms with Crippen molar-refractivity contribution in [2.75, 3.05) is 7.11 Å². The average Bonchev–Trinajstić information content (AvgIpc) is 3.44. The van der Waals surface area contributed by atoms with Crippen molar-refractivity contribution in [2.45, 2.75) is 32.0 Å². The Morgan fingerprint density at radius 2 is 1.84 bits per heavy atom. The molecule has 3 aromatic rings. The Bertz CT molecular complexity index is 1060. The largest absolute Gasteiger partial charge is 0.494 e. The summed E-state index contributed by atoms with van der Waals surface area (Å²) in [6.45, 7) is 0.501. The zero-order chi connectivity index (χ0) is 21.8. The molecule has 1 aromatic heterocycles. The number of carbonyl (C=O) groups is 2. The van der Waals surface area contributed by atoms with E-state index in [1.807, 2.05) is 12.1 Å². The second-order valence-corrected chi connectivity index (χ2v) is 7.53. The molecule has 1 aliphatic carbocycles. The van der Waals surface area contributed by atoms with Gasteiger partial charge >= 0.3 is 0 Å². The minimum atomic E-state index is -0.600. The van der Waals surface area contributed by atoms with Crippen LogP contribution in [0.2, 0.25) is 0 Å². The van der Waals surface area contributed by atoms with Crippen molar-refractivity contribution in [1.29, 1.82) is 0 Å². The van der Waals surface area contributed by atoms with Crippen molar-refractivity contribution in [3.05, 3.63) is 89.1 Å². The molecule has 0 unspecified atom stereocenters. The molecule has 1 aliphatic rings. The third-order valence-corrected chi connectivity index (χ3v) is 5.11. The number of hydrogen-bond donors (Lipinski definition) is 1. The molecule has 31 heavy (non-hydrogen) atoms. The summed E-state index contributed by atoms with van der Waals surface area (Å²) >= 11 is 0. The van der Waals surface area contributed by atoms with Crippen molar-refractivity contribution < 1.29 is 23.1 Å². The number of furan rings is 1. The van der Waals surface area contributed by atoms with Gasteiger partial charge in [0.25, 0.3) is 11.8 Å². The summed E-state index contributed by atoms with van der Waals surface area (Å²) in [6.07, 6.45) is 3.59. The Kier molecular flexibility index (Phi) is 6.02. The van der Waals surface area contributed by atoms with E-state index in [1.54, 1.807) is 29.2 Å². The minimum Gasteiger partial charge on any atom is -0.494 e. The Morgan fingerprint density at radius 1 is 1.10 bits per heavy atom. The maximum atomic E-state index is 14.1. The lowest BCUT2D eigenvalue weighted by Gasteiger charge is -2.22. The molecule has 0 atom stereocenters. The second kappa shape index (κ2) is 9.04. The summed E-state index contributed by atoms with van der Waals surface area (Å²) in [4.78, 5) is 26.9. The van der Waals surface area contributed by atoms with Crippen LogP contribution in [0.5, 0.6) is 5.75 Å². The Hall–Kier alpha value is -3.61. The number of methoxy groups -OCH3 is 1. The lowest BCUT2D eigenvalue weighted by molar-refractivity contribution is 0.0716. The van der Waals surface area contributed by atoms with Crippen molar-refractivity contribution >= 4 is 11.8 Å². The lowest BCUT2D eigenvalue weighted by atomic mass is 10.1. The molecule has 0 bridgehead atoms. The molecule has 1 saturated carbocycles. The number of rotatable bonds is 8. The van der Waals surface area contributed by atoms with E-state index in [-0.39, 0.29) is 36.2 Å². The maximum absolute atomic E-state index is 14.1. The Balaban J connectivity index is 1.52. The first-order chi connectivity index (χ1) is 15.0. The molecule has 0 aliphatic heterocycles. The first-order valence-corrected chi connectivity index (χ1v) is 10.1. The lowest BCUT2D eigenvalue weighted by Crippen LogP contribution is -2.30. The van der Waals surface area contributed by atoms with Gasteiger partial charge in [-0.2, -0.15) is 0 Å². The molecule has 0 saturated heterocycles. The highest BCUT2D eigenvalue weighted by atomic mass is 19.1. The van der Waals surface area contributed by atoms with E-state index >= 15 is 0 Å². The van der Waals surface area contributed by atoms with Gasteiger partial charge in [0.1, 0.15) is 5.76 Å². The van der Waals surface area contributed by atoms with Gasteiger partial charge in [0.2, 0.25) is 0 Å². The number of benzene rings is 2. The Morgan fingerprint density at radius 3 is 2.45 bits per heavy atom. The van der Waals surface area contributed by atoms with E-state index in [4.69, 9.17) is 9.15 Å². The first kappa shape index (κ1) is 20.7. The van der Waals surface area contributed by atoms with Crippen molar-refractivity contribution in [1.82, 2.24) is 10.2 Å². The topological polar surface area (TPSA) is 71.8 Å². The molecule has 1 heterocycles. The molecule has 4 rings (SSSR count). The smallest absolute Gasteiger partial charge is 0.254 e. The Labute approximate surface area is 179 Å². The van der Waals surface area contributed by atoms with Gasteiger partial charge in [-0.15, -0.1) is 0 Å². The summed E-state index contributed by atoms with van der Waals surface area (Å²) < 4.78 is 24.5. The van der Waals surface area contributed by atoms with Gasteiger partial charge in [0.15, 0.2) is 11.6 Å². The summed E-state index contributed by atoms with van der Waals surface area (Å²) in [5.41, 5.74) is 1.64. The van der Waals surface area contributed by atoms with Gasteiger partial charge in [-0.25, -0.2) is 4.39 Å². The van der Waals surface area contributed by atoms with Crippen LogP contribution in [0, 0.1) is 5.82 Å². The van der Waals surface area contributed by atoms with E-state index in [1.165, 1.54) is 31.6 Å². The number of hydrogen-bond acceptors (Lipinski definition) is 4. The molecule has 2 amide bonds. The van der Waals surface area contributed by atoms with Crippen LogP contribution in [0.25, 0.3) is 0 Å². The van der Waals surface area contributed by atoms with E-state index in [0.717, 1.165) is 18.4 Å². The van der Waals surface area contributed by atoms with Crippen LogP contribution < -0.4 is 10.1 Å². The number of ether oxygens (including phenoxy) is 1. The standard InChI is InChI=1S/C24H23FN2O4/c1-30-22-11-8-18(13-21(22)25)24(29)27(15-20-3-2-12-31-20)14-16-4-6-17(7-5-16)23(28)26-19-9-10-19/h2-8,11-13,19H,9-10,14-15H2,1H3,(H,26,28). The minimum absolute atomic E-state index is 0.0780. The van der Waals surface area contributed by atoms with Gasteiger partial charge in [-0.05, 0) is 60.9 Å². The first-order valence-electron chi connectivity index (χ1n) is 10.1. The molecule has 2 aromatic carbocycles. The molecule has 7 heteroatoms. The zero-order valence-electron chi connectivity index (χ0n) is 17.1. The van der Waals surface area contributed by atoms with Gasteiger partial charge in [-0.1, -0.05) is 12.1 Å². The van der Waals surface area contributed by atoms with Crippen molar-refractivity contribution in [2.24, 2.45) is 0 Å². The number of amides is 2. The van der Waals surface area contributed by atoms with Crippen molar-refractivity contribution in [3.63, 3.8) is 0 Å². The van der Waals surface area contributed by atoms with Crippen LogP contribution >= 0.6 is 0 Å². The fourth-order valence-electron chi connectivity index (χ4n) is 3.25. The SMILES string of the molecule is COc1ccc(C(=O)N(Cc2ccc(C(=O)NC3CC3)cc2)Cc2ccco2)cc1F. The normalized spacial score (nSPS) is 13.0. The highest BCUT2D eigenvalue weighted by Gasteiger charge is 2.24. The monoisotopic (exact) mass is 422 g/mol. The van der Waals surface area contributed by atoms with E-state index < -0.39 is 5.82 Å². The van der Waals surface area contributed by atoms with Gasteiger partial charge in [0.05, 0.1) is 19.9 Å². The average molecular weight is 422 g/mol. The molecule has 1 N–H and O–H groups in total. The highest BCUT2D eigenvalue weighted by molar-refractivity contribution is 5.95. The molecular formula is C24H23FN2O4. The highest BCUT2D eigenvalue weighted by Crippen LogP contribution is 2.22.